The van der Waals surface area contributed by atoms with Crippen molar-refractivity contribution in [1.29, 1.82) is 0 Å². The Labute approximate surface area is 143 Å². The molecule has 2 rings (SSSR count). The molecule has 0 fully saturated rings. The molecule has 0 aliphatic rings. The molecule has 122 valence electrons. The van der Waals surface area contributed by atoms with Crippen molar-refractivity contribution >= 4 is 45.8 Å². The number of hydrogen-bond donors (Lipinski definition) is 3. The SMILES string of the molecule is CC(C)(C)NC(=S)NNC(=O)c1cc(=O)c2cc(Cl)ccc2o1. The summed E-state index contributed by atoms with van der Waals surface area (Å²) in [6.45, 7) is 5.78. The highest BCUT2D eigenvalue weighted by Gasteiger charge is 2.14. The lowest BCUT2D eigenvalue weighted by atomic mass is 10.1. The Bertz CT molecular complexity index is 827. The van der Waals surface area contributed by atoms with E-state index in [1.54, 1.807) is 6.07 Å². The Morgan fingerprint density at radius 1 is 1.22 bits per heavy atom. The minimum absolute atomic E-state index is 0.129. The van der Waals surface area contributed by atoms with E-state index in [1.165, 1.54) is 12.1 Å². The van der Waals surface area contributed by atoms with Gasteiger partial charge in [-0.2, -0.15) is 0 Å². The van der Waals surface area contributed by atoms with Crippen LogP contribution in [0.4, 0.5) is 0 Å². The fourth-order valence-corrected chi connectivity index (χ4v) is 2.32. The second kappa shape index (κ2) is 6.55. The number of fused-ring (bicyclic) bond motifs is 1. The van der Waals surface area contributed by atoms with Crippen LogP contribution in [-0.4, -0.2) is 16.6 Å². The quantitative estimate of drug-likeness (QED) is 0.539. The summed E-state index contributed by atoms with van der Waals surface area (Å²) in [5.74, 6) is -0.743. The van der Waals surface area contributed by atoms with E-state index in [9.17, 15) is 9.59 Å². The fraction of sp³-hybridized carbons (Fsp3) is 0.267. The van der Waals surface area contributed by atoms with Crippen molar-refractivity contribution in [3.8, 4) is 0 Å². The molecule has 0 saturated carbocycles. The number of carbonyl (C=O) groups is 1. The molecule has 2 aromatic rings. The number of benzene rings is 1. The van der Waals surface area contributed by atoms with E-state index < -0.39 is 5.91 Å². The molecule has 0 atom stereocenters. The van der Waals surface area contributed by atoms with Crippen LogP contribution < -0.4 is 21.6 Å². The number of halogens is 1. The van der Waals surface area contributed by atoms with Gasteiger partial charge >= 0.3 is 5.91 Å². The predicted octanol–water partition coefficient (Wildman–Crippen LogP) is 2.35. The number of rotatable bonds is 1. The van der Waals surface area contributed by atoms with Crippen molar-refractivity contribution < 1.29 is 9.21 Å². The van der Waals surface area contributed by atoms with Crippen molar-refractivity contribution in [2.75, 3.05) is 0 Å². The van der Waals surface area contributed by atoms with Crippen LogP contribution in [0.2, 0.25) is 5.02 Å². The van der Waals surface area contributed by atoms with E-state index in [0.717, 1.165) is 6.07 Å². The van der Waals surface area contributed by atoms with Gasteiger partial charge in [-0.1, -0.05) is 11.6 Å². The summed E-state index contributed by atoms with van der Waals surface area (Å²) in [5, 5.41) is 3.95. The molecule has 0 radical (unpaired) electrons. The van der Waals surface area contributed by atoms with Crippen LogP contribution in [0.25, 0.3) is 11.0 Å². The van der Waals surface area contributed by atoms with Gasteiger partial charge in [0.05, 0.1) is 5.39 Å². The lowest BCUT2D eigenvalue weighted by Gasteiger charge is -2.22. The highest BCUT2D eigenvalue weighted by molar-refractivity contribution is 7.80. The summed E-state index contributed by atoms with van der Waals surface area (Å²) in [6, 6.07) is 5.71. The largest absolute Gasteiger partial charge is 0.451 e. The van der Waals surface area contributed by atoms with Crippen LogP contribution in [0, 0.1) is 0 Å². The third-order valence-corrected chi connectivity index (χ3v) is 3.13. The van der Waals surface area contributed by atoms with E-state index >= 15 is 0 Å². The van der Waals surface area contributed by atoms with Crippen LogP contribution in [0.15, 0.2) is 33.5 Å². The average molecular weight is 354 g/mol. The summed E-state index contributed by atoms with van der Waals surface area (Å²) in [6.07, 6.45) is 0. The number of amides is 1. The predicted molar refractivity (Wildman–Crippen MR) is 93.6 cm³/mol. The smallest absolute Gasteiger partial charge is 0.305 e. The minimum Gasteiger partial charge on any atom is -0.451 e. The maximum atomic E-state index is 12.1. The number of carbonyl (C=O) groups excluding carboxylic acids is 1. The molecule has 1 heterocycles. The zero-order chi connectivity index (χ0) is 17.2. The summed E-state index contributed by atoms with van der Waals surface area (Å²) in [5.41, 5.74) is 4.61. The molecule has 8 heteroatoms. The topological polar surface area (TPSA) is 83.4 Å². The second-order valence-corrected chi connectivity index (χ2v) is 6.74. The normalized spacial score (nSPS) is 11.1. The maximum Gasteiger partial charge on any atom is 0.305 e. The monoisotopic (exact) mass is 353 g/mol. The molecule has 0 aliphatic carbocycles. The fourth-order valence-electron chi connectivity index (χ4n) is 1.79. The van der Waals surface area contributed by atoms with E-state index in [1.807, 2.05) is 20.8 Å². The molecule has 1 amide bonds. The van der Waals surface area contributed by atoms with Crippen LogP contribution in [0.5, 0.6) is 0 Å². The Balaban J connectivity index is 2.14. The summed E-state index contributed by atoms with van der Waals surface area (Å²) in [7, 11) is 0. The molecule has 3 N–H and O–H groups in total. The molecular formula is C15H16ClN3O3S. The van der Waals surface area contributed by atoms with Crippen LogP contribution in [0.1, 0.15) is 31.3 Å². The first-order valence-electron chi connectivity index (χ1n) is 6.77. The van der Waals surface area contributed by atoms with Gasteiger partial charge < -0.3 is 9.73 Å². The van der Waals surface area contributed by atoms with Crippen molar-refractivity contribution in [3.05, 3.63) is 45.3 Å². The standard InChI is InChI=1S/C15H16ClN3O3S/c1-15(2,3)17-14(23)19-18-13(21)12-7-10(20)9-6-8(16)4-5-11(9)22-12/h4-7H,1-3H3,(H,18,21)(H2,17,19,23). The Morgan fingerprint density at radius 2 is 1.91 bits per heavy atom. The number of hydrogen-bond acceptors (Lipinski definition) is 4. The molecule has 0 bridgehead atoms. The first-order chi connectivity index (χ1) is 10.7. The number of thiocarbonyl (C=S) groups is 1. The molecular weight excluding hydrogens is 338 g/mol. The highest BCUT2D eigenvalue weighted by Crippen LogP contribution is 2.17. The molecule has 6 nitrogen and oxygen atoms in total. The Morgan fingerprint density at radius 3 is 2.57 bits per heavy atom. The lowest BCUT2D eigenvalue weighted by molar-refractivity contribution is 0.0916. The zero-order valence-electron chi connectivity index (χ0n) is 12.8. The molecule has 0 spiro atoms. The van der Waals surface area contributed by atoms with Gasteiger partial charge in [-0.15, -0.1) is 0 Å². The molecule has 0 unspecified atom stereocenters. The van der Waals surface area contributed by atoms with Gasteiger partial charge in [0.1, 0.15) is 5.58 Å². The lowest BCUT2D eigenvalue weighted by Crippen LogP contribution is -2.52. The molecule has 23 heavy (non-hydrogen) atoms. The van der Waals surface area contributed by atoms with E-state index in [2.05, 4.69) is 16.2 Å². The maximum absolute atomic E-state index is 12.1. The number of nitrogens with one attached hydrogen (secondary N) is 3. The molecule has 1 aromatic heterocycles. The van der Waals surface area contributed by atoms with E-state index in [-0.39, 0.29) is 27.4 Å². The van der Waals surface area contributed by atoms with Gasteiger partial charge in [-0.3, -0.25) is 20.4 Å². The van der Waals surface area contributed by atoms with Gasteiger partial charge in [0.15, 0.2) is 16.3 Å². The number of hydrazine groups is 1. The van der Waals surface area contributed by atoms with Crippen molar-refractivity contribution in [2.45, 2.75) is 26.3 Å². The van der Waals surface area contributed by atoms with Crippen molar-refractivity contribution in [3.63, 3.8) is 0 Å². The van der Waals surface area contributed by atoms with E-state index in [4.69, 9.17) is 28.2 Å². The van der Waals surface area contributed by atoms with Crippen LogP contribution in [0.3, 0.4) is 0 Å². The molecule has 1 aromatic carbocycles. The second-order valence-electron chi connectivity index (χ2n) is 5.90. The minimum atomic E-state index is -0.614. The Hall–Kier alpha value is -2.12. The van der Waals surface area contributed by atoms with Gasteiger partial charge in [-0.25, -0.2) is 0 Å². The third kappa shape index (κ3) is 4.67. The van der Waals surface area contributed by atoms with Gasteiger partial charge in [0, 0.05) is 16.6 Å². The van der Waals surface area contributed by atoms with Gasteiger partial charge in [-0.05, 0) is 51.2 Å². The summed E-state index contributed by atoms with van der Waals surface area (Å²) in [4.78, 5) is 24.1. The Kier molecular flexibility index (Phi) is 4.91. The zero-order valence-corrected chi connectivity index (χ0v) is 14.4. The molecule has 0 aliphatic heterocycles. The first kappa shape index (κ1) is 17.2. The summed E-state index contributed by atoms with van der Waals surface area (Å²) < 4.78 is 5.42. The van der Waals surface area contributed by atoms with Gasteiger partial charge in [0.25, 0.3) is 0 Å². The summed E-state index contributed by atoms with van der Waals surface area (Å²) >= 11 is 10.9. The highest BCUT2D eigenvalue weighted by atomic mass is 35.5. The van der Waals surface area contributed by atoms with Crippen molar-refractivity contribution in [1.82, 2.24) is 16.2 Å². The molecule has 0 saturated heterocycles. The van der Waals surface area contributed by atoms with Crippen LogP contribution in [-0.2, 0) is 0 Å². The average Bonchev–Trinajstić information content (AvgIpc) is 2.43. The van der Waals surface area contributed by atoms with Gasteiger partial charge in [0.2, 0.25) is 0 Å². The third-order valence-electron chi connectivity index (χ3n) is 2.69. The van der Waals surface area contributed by atoms with Crippen LogP contribution >= 0.6 is 23.8 Å². The first-order valence-corrected chi connectivity index (χ1v) is 7.56. The van der Waals surface area contributed by atoms with E-state index in [0.29, 0.717) is 10.4 Å². The van der Waals surface area contributed by atoms with Crippen molar-refractivity contribution in [2.24, 2.45) is 0 Å².